The van der Waals surface area contributed by atoms with Crippen molar-refractivity contribution in [1.82, 2.24) is 5.16 Å². The first-order valence-corrected chi connectivity index (χ1v) is 6.67. The van der Waals surface area contributed by atoms with Gasteiger partial charge in [-0.3, -0.25) is 9.59 Å². The second-order valence-corrected chi connectivity index (χ2v) is 5.06. The molecule has 0 aliphatic rings. The molecule has 1 aromatic heterocycles. The molecule has 21 heavy (non-hydrogen) atoms. The summed E-state index contributed by atoms with van der Waals surface area (Å²) in [6.07, 6.45) is -0.370. The second kappa shape index (κ2) is 6.60. The van der Waals surface area contributed by atoms with Gasteiger partial charge in [-0.2, -0.15) is 0 Å². The molecular formula is C13H11Cl2N3O3. The van der Waals surface area contributed by atoms with Crippen molar-refractivity contribution in [1.29, 1.82) is 0 Å². The third kappa shape index (κ3) is 4.47. The summed E-state index contributed by atoms with van der Waals surface area (Å²) in [6, 6.07) is 6.19. The third-order valence-electron chi connectivity index (χ3n) is 2.42. The molecule has 1 aromatic carbocycles. The van der Waals surface area contributed by atoms with Gasteiger partial charge in [0.05, 0.1) is 10.7 Å². The fraction of sp³-hybridized carbons (Fsp3) is 0.154. The Morgan fingerprint density at radius 1 is 1.19 bits per heavy atom. The fourth-order valence-corrected chi connectivity index (χ4v) is 2.00. The Morgan fingerprint density at radius 3 is 2.52 bits per heavy atom. The minimum atomic E-state index is -0.508. The van der Waals surface area contributed by atoms with E-state index in [1.54, 1.807) is 25.1 Å². The first-order chi connectivity index (χ1) is 9.94. The predicted molar refractivity (Wildman–Crippen MR) is 79.6 cm³/mol. The van der Waals surface area contributed by atoms with Gasteiger partial charge in [-0.25, -0.2) is 0 Å². The van der Waals surface area contributed by atoms with E-state index >= 15 is 0 Å². The highest BCUT2D eigenvalue weighted by molar-refractivity contribution is 6.36. The quantitative estimate of drug-likeness (QED) is 0.844. The SMILES string of the molecule is Cc1cc(NC(=O)CC(=O)Nc2ccc(Cl)cc2Cl)no1. The number of hydrogen-bond donors (Lipinski definition) is 2. The van der Waals surface area contributed by atoms with Gasteiger partial charge >= 0.3 is 0 Å². The summed E-state index contributed by atoms with van der Waals surface area (Å²) in [7, 11) is 0. The van der Waals surface area contributed by atoms with Crippen LogP contribution < -0.4 is 10.6 Å². The molecule has 0 aliphatic carbocycles. The van der Waals surface area contributed by atoms with E-state index in [1.807, 2.05) is 0 Å². The normalized spacial score (nSPS) is 10.2. The van der Waals surface area contributed by atoms with Crippen molar-refractivity contribution < 1.29 is 14.1 Å². The maximum absolute atomic E-state index is 11.7. The topological polar surface area (TPSA) is 84.2 Å². The van der Waals surface area contributed by atoms with Crippen LogP contribution in [-0.2, 0) is 9.59 Å². The lowest BCUT2D eigenvalue weighted by molar-refractivity contribution is -0.123. The standard InChI is InChI=1S/C13H11Cl2N3O3/c1-7-4-11(18-21-7)17-13(20)6-12(19)16-10-3-2-8(14)5-9(10)15/h2-5H,6H2,1H3,(H,16,19)(H,17,18,20). The van der Waals surface area contributed by atoms with Crippen LogP contribution >= 0.6 is 23.2 Å². The Balaban J connectivity index is 1.90. The molecule has 2 rings (SSSR count). The average Bonchev–Trinajstić information content (AvgIpc) is 2.78. The van der Waals surface area contributed by atoms with Crippen molar-refractivity contribution in [2.45, 2.75) is 13.3 Å². The van der Waals surface area contributed by atoms with Crippen LogP contribution in [0.4, 0.5) is 11.5 Å². The minimum Gasteiger partial charge on any atom is -0.360 e. The molecule has 8 heteroatoms. The molecule has 110 valence electrons. The minimum absolute atomic E-state index is 0.259. The maximum atomic E-state index is 11.7. The lowest BCUT2D eigenvalue weighted by Crippen LogP contribution is -2.21. The Hall–Kier alpha value is -2.05. The van der Waals surface area contributed by atoms with Crippen molar-refractivity contribution in [2.24, 2.45) is 0 Å². The monoisotopic (exact) mass is 327 g/mol. The van der Waals surface area contributed by atoms with Crippen LogP contribution in [0.15, 0.2) is 28.8 Å². The first-order valence-electron chi connectivity index (χ1n) is 5.92. The van der Waals surface area contributed by atoms with Crippen molar-refractivity contribution in [3.63, 3.8) is 0 Å². The Morgan fingerprint density at radius 2 is 1.90 bits per heavy atom. The number of rotatable bonds is 4. The number of benzene rings is 1. The summed E-state index contributed by atoms with van der Waals surface area (Å²) in [5.41, 5.74) is 0.385. The van der Waals surface area contributed by atoms with Crippen molar-refractivity contribution in [3.8, 4) is 0 Å². The Labute approximate surface area is 130 Å². The van der Waals surface area contributed by atoms with Gasteiger partial charge < -0.3 is 15.2 Å². The summed E-state index contributed by atoms with van der Waals surface area (Å²) in [4.78, 5) is 23.4. The lowest BCUT2D eigenvalue weighted by Gasteiger charge is -2.07. The van der Waals surface area contributed by atoms with Crippen LogP contribution in [0.5, 0.6) is 0 Å². The van der Waals surface area contributed by atoms with E-state index in [-0.39, 0.29) is 12.2 Å². The zero-order valence-corrected chi connectivity index (χ0v) is 12.5. The summed E-state index contributed by atoms with van der Waals surface area (Å²) < 4.78 is 4.80. The molecule has 2 aromatic rings. The smallest absolute Gasteiger partial charge is 0.235 e. The second-order valence-electron chi connectivity index (χ2n) is 4.22. The first kappa shape index (κ1) is 15.3. The van der Waals surface area contributed by atoms with Gasteiger partial charge in [0.25, 0.3) is 0 Å². The molecule has 1 heterocycles. The molecule has 0 saturated heterocycles. The molecule has 0 unspecified atom stereocenters. The number of amides is 2. The number of nitrogens with zero attached hydrogens (tertiary/aromatic N) is 1. The van der Waals surface area contributed by atoms with Crippen LogP contribution in [0.25, 0.3) is 0 Å². The maximum Gasteiger partial charge on any atom is 0.235 e. The Bertz CT molecular complexity index is 685. The highest BCUT2D eigenvalue weighted by Gasteiger charge is 2.13. The highest BCUT2D eigenvalue weighted by atomic mass is 35.5. The molecule has 2 amide bonds. The molecule has 6 nitrogen and oxygen atoms in total. The number of hydrogen-bond acceptors (Lipinski definition) is 4. The van der Waals surface area contributed by atoms with Gasteiger partial charge in [0, 0.05) is 11.1 Å². The molecule has 0 radical (unpaired) electrons. The summed E-state index contributed by atoms with van der Waals surface area (Å²) in [6.45, 7) is 1.69. The van der Waals surface area contributed by atoms with Gasteiger partial charge in [-0.15, -0.1) is 0 Å². The molecular weight excluding hydrogens is 317 g/mol. The molecule has 0 fully saturated rings. The molecule has 0 bridgehead atoms. The summed E-state index contributed by atoms with van der Waals surface area (Å²) in [5, 5.41) is 9.32. The molecule has 0 spiro atoms. The predicted octanol–water partition coefficient (Wildman–Crippen LogP) is 3.26. The van der Waals surface area contributed by atoms with Crippen molar-refractivity contribution in [2.75, 3.05) is 10.6 Å². The van der Waals surface area contributed by atoms with E-state index in [1.165, 1.54) is 6.07 Å². The van der Waals surface area contributed by atoms with Crippen LogP contribution in [-0.4, -0.2) is 17.0 Å². The van der Waals surface area contributed by atoms with Crippen molar-refractivity contribution in [3.05, 3.63) is 40.1 Å². The van der Waals surface area contributed by atoms with E-state index < -0.39 is 11.8 Å². The number of halogens is 2. The number of carbonyl (C=O) groups is 2. The average molecular weight is 328 g/mol. The van der Waals surface area contributed by atoms with Gasteiger partial charge in [-0.1, -0.05) is 28.4 Å². The van der Waals surface area contributed by atoms with Crippen LogP contribution in [0.3, 0.4) is 0 Å². The summed E-state index contributed by atoms with van der Waals surface area (Å²) >= 11 is 11.7. The zero-order chi connectivity index (χ0) is 15.4. The molecule has 0 saturated carbocycles. The number of aryl methyl sites for hydroxylation is 1. The fourth-order valence-electron chi connectivity index (χ4n) is 1.54. The van der Waals surface area contributed by atoms with Crippen LogP contribution in [0, 0.1) is 6.92 Å². The molecule has 0 aliphatic heterocycles. The molecule has 2 N–H and O–H groups in total. The highest BCUT2D eigenvalue weighted by Crippen LogP contribution is 2.25. The molecule has 0 atom stereocenters. The zero-order valence-electron chi connectivity index (χ0n) is 10.9. The lowest BCUT2D eigenvalue weighted by atomic mass is 10.3. The van der Waals surface area contributed by atoms with Gasteiger partial charge in [0.15, 0.2) is 5.82 Å². The number of anilines is 2. The van der Waals surface area contributed by atoms with Crippen LogP contribution in [0.1, 0.15) is 12.2 Å². The third-order valence-corrected chi connectivity index (χ3v) is 2.97. The number of carbonyl (C=O) groups excluding carboxylic acids is 2. The van der Waals surface area contributed by atoms with E-state index in [0.29, 0.717) is 21.5 Å². The van der Waals surface area contributed by atoms with E-state index in [9.17, 15) is 9.59 Å². The van der Waals surface area contributed by atoms with Crippen LogP contribution in [0.2, 0.25) is 10.0 Å². The number of nitrogens with one attached hydrogen (secondary N) is 2. The van der Waals surface area contributed by atoms with Gasteiger partial charge in [-0.05, 0) is 25.1 Å². The van der Waals surface area contributed by atoms with Crippen molar-refractivity contribution >= 4 is 46.5 Å². The Kier molecular flexibility index (Phi) is 4.82. The van der Waals surface area contributed by atoms with Gasteiger partial charge in [0.1, 0.15) is 12.2 Å². The largest absolute Gasteiger partial charge is 0.360 e. The van der Waals surface area contributed by atoms with E-state index in [2.05, 4.69) is 15.8 Å². The summed E-state index contributed by atoms with van der Waals surface area (Å²) in [5.74, 6) is -0.194. The van der Waals surface area contributed by atoms with E-state index in [0.717, 1.165) is 0 Å². The van der Waals surface area contributed by atoms with Gasteiger partial charge in [0.2, 0.25) is 11.8 Å². The van der Waals surface area contributed by atoms with E-state index in [4.69, 9.17) is 27.7 Å². The number of aromatic nitrogens is 1.